The van der Waals surface area contributed by atoms with Crippen LogP contribution in [-0.4, -0.2) is 37.1 Å². The van der Waals surface area contributed by atoms with Crippen molar-refractivity contribution in [3.8, 4) is 11.5 Å². The van der Waals surface area contributed by atoms with Crippen LogP contribution in [0.3, 0.4) is 0 Å². The Bertz CT molecular complexity index is 1040. The van der Waals surface area contributed by atoms with Gasteiger partial charge in [-0.1, -0.05) is 34.9 Å². The van der Waals surface area contributed by atoms with Crippen LogP contribution >= 0.6 is 0 Å². The molecule has 37 heavy (non-hydrogen) atoms. The Morgan fingerprint density at radius 2 is 1.57 bits per heavy atom. The van der Waals surface area contributed by atoms with Gasteiger partial charge in [0.05, 0.1) is 6.54 Å². The average Bonchev–Trinajstić information content (AvgIpc) is 2.83. The van der Waals surface area contributed by atoms with E-state index < -0.39 is 0 Å². The number of rotatable bonds is 12. The van der Waals surface area contributed by atoms with Crippen LogP contribution in [0.25, 0.3) is 0 Å². The molecular formula is C33H51NO3. The molecule has 2 rings (SSSR count). The maximum Gasteiger partial charge on any atom is 0.325 e. The van der Waals surface area contributed by atoms with E-state index in [1.807, 2.05) is 25.9 Å². The molecule has 1 aromatic carbocycles. The van der Waals surface area contributed by atoms with Crippen molar-refractivity contribution in [1.82, 2.24) is 4.90 Å². The van der Waals surface area contributed by atoms with Crippen molar-refractivity contribution in [1.29, 1.82) is 0 Å². The van der Waals surface area contributed by atoms with E-state index in [9.17, 15) is 4.79 Å². The van der Waals surface area contributed by atoms with Gasteiger partial charge < -0.3 is 9.47 Å². The summed E-state index contributed by atoms with van der Waals surface area (Å²) in [4.78, 5) is 14.2. The molecule has 206 valence electrons. The molecule has 1 aromatic rings. The molecular weight excluding hydrogens is 458 g/mol. The van der Waals surface area contributed by atoms with Crippen LogP contribution in [0.5, 0.6) is 11.5 Å². The highest BCUT2D eigenvalue weighted by molar-refractivity contribution is 5.76. The second-order valence-corrected chi connectivity index (χ2v) is 11.6. The molecule has 0 spiro atoms. The Morgan fingerprint density at radius 3 is 2.22 bits per heavy atom. The third kappa shape index (κ3) is 9.17. The van der Waals surface area contributed by atoms with Gasteiger partial charge in [0, 0.05) is 5.56 Å². The van der Waals surface area contributed by atoms with Crippen LogP contribution in [-0.2, 0) is 11.2 Å². The first-order valence-corrected chi connectivity index (χ1v) is 14.0. The number of benzene rings is 1. The SMILES string of the molecule is C/C=C(\C)CC/C(C)=C/CC/C(C)=C/CC[C@]1(C)CCc2c(C)c(OC(=O)CN(C)C)c(C)c(C)c2O1. The number of nitrogens with zero attached hydrogens (tertiary/aromatic N) is 1. The standard InChI is InChI=1S/C33H51NO3/c1-11-23(2)17-18-25(4)15-12-14-24(3)16-13-20-33(8)21-19-29-28(7)31(36-30(35)22-34(9)10)26(5)27(6)32(29)37-33/h11,15-16H,12-14,17-22H2,1-10H3/b23-11+,24-16+,25-15+/t33-/m1/s1. The van der Waals surface area contributed by atoms with Gasteiger partial charge in [0.15, 0.2) is 0 Å². The molecule has 4 heteroatoms. The van der Waals surface area contributed by atoms with Gasteiger partial charge in [-0.3, -0.25) is 9.69 Å². The topological polar surface area (TPSA) is 38.8 Å². The normalized spacial score (nSPS) is 18.6. The first-order chi connectivity index (χ1) is 17.4. The number of likely N-dealkylation sites (N-methyl/N-ethyl adjacent to an activating group) is 1. The van der Waals surface area contributed by atoms with E-state index in [1.54, 1.807) is 0 Å². The molecule has 0 bridgehead atoms. The number of carbonyl (C=O) groups is 1. The van der Waals surface area contributed by atoms with Gasteiger partial charge in [0.1, 0.15) is 17.1 Å². The average molecular weight is 510 g/mol. The molecule has 0 radical (unpaired) electrons. The van der Waals surface area contributed by atoms with E-state index in [2.05, 4.69) is 66.7 Å². The summed E-state index contributed by atoms with van der Waals surface area (Å²) < 4.78 is 12.5. The van der Waals surface area contributed by atoms with Gasteiger partial charge >= 0.3 is 5.97 Å². The molecule has 0 fully saturated rings. The summed E-state index contributed by atoms with van der Waals surface area (Å²) in [5, 5.41) is 0. The summed E-state index contributed by atoms with van der Waals surface area (Å²) >= 11 is 0. The molecule has 4 nitrogen and oxygen atoms in total. The molecule has 0 unspecified atom stereocenters. The monoisotopic (exact) mass is 509 g/mol. The zero-order valence-electron chi connectivity index (χ0n) is 25.3. The van der Waals surface area contributed by atoms with Gasteiger partial charge in [-0.25, -0.2) is 0 Å². The molecule has 1 heterocycles. The van der Waals surface area contributed by atoms with Gasteiger partial charge in [0.2, 0.25) is 0 Å². The summed E-state index contributed by atoms with van der Waals surface area (Å²) in [6, 6.07) is 0. The highest BCUT2D eigenvalue weighted by Crippen LogP contribution is 2.44. The summed E-state index contributed by atoms with van der Waals surface area (Å²) in [6.07, 6.45) is 15.5. The largest absolute Gasteiger partial charge is 0.487 e. The highest BCUT2D eigenvalue weighted by Gasteiger charge is 2.34. The van der Waals surface area contributed by atoms with Gasteiger partial charge in [-0.15, -0.1) is 0 Å². The number of esters is 1. The van der Waals surface area contributed by atoms with E-state index in [0.29, 0.717) is 5.75 Å². The Labute approximate surface area is 226 Å². The van der Waals surface area contributed by atoms with Crippen molar-refractivity contribution in [2.45, 2.75) is 112 Å². The van der Waals surface area contributed by atoms with Crippen LogP contribution in [0, 0.1) is 20.8 Å². The Morgan fingerprint density at radius 1 is 0.946 bits per heavy atom. The molecule has 0 N–H and O–H groups in total. The van der Waals surface area contributed by atoms with Crippen LogP contribution in [0.15, 0.2) is 34.9 Å². The van der Waals surface area contributed by atoms with Gasteiger partial charge in [-0.05, 0) is 138 Å². The summed E-state index contributed by atoms with van der Waals surface area (Å²) in [6.45, 7) is 17.5. The van der Waals surface area contributed by atoms with E-state index in [1.165, 1.54) is 22.3 Å². The fourth-order valence-electron chi connectivity index (χ4n) is 4.93. The predicted molar refractivity (Wildman–Crippen MR) is 157 cm³/mol. The molecule has 0 saturated carbocycles. The van der Waals surface area contributed by atoms with Crippen LogP contribution in [0.1, 0.15) is 102 Å². The summed E-state index contributed by atoms with van der Waals surface area (Å²) in [5.74, 6) is 1.47. The number of hydrogen-bond donors (Lipinski definition) is 0. The van der Waals surface area contributed by atoms with Crippen molar-refractivity contribution in [2.75, 3.05) is 20.6 Å². The third-order valence-corrected chi connectivity index (χ3v) is 7.83. The van der Waals surface area contributed by atoms with Crippen LogP contribution in [0.2, 0.25) is 0 Å². The van der Waals surface area contributed by atoms with Crippen molar-refractivity contribution >= 4 is 5.97 Å². The third-order valence-electron chi connectivity index (χ3n) is 7.83. The maximum absolute atomic E-state index is 12.3. The zero-order valence-corrected chi connectivity index (χ0v) is 25.3. The second kappa shape index (κ2) is 14.0. The molecule has 0 aliphatic carbocycles. The molecule has 1 aliphatic heterocycles. The first-order valence-electron chi connectivity index (χ1n) is 14.0. The molecule has 0 aromatic heterocycles. The van der Waals surface area contributed by atoms with Crippen molar-refractivity contribution in [3.05, 3.63) is 57.2 Å². The first kappa shape index (κ1) is 30.9. The summed E-state index contributed by atoms with van der Waals surface area (Å²) in [7, 11) is 3.74. The van der Waals surface area contributed by atoms with Crippen molar-refractivity contribution < 1.29 is 14.3 Å². The second-order valence-electron chi connectivity index (χ2n) is 11.6. The molecule has 0 saturated heterocycles. The lowest BCUT2D eigenvalue weighted by atomic mass is 9.85. The lowest BCUT2D eigenvalue weighted by Crippen LogP contribution is -2.37. The Hall–Kier alpha value is -2.33. The zero-order chi connectivity index (χ0) is 27.8. The van der Waals surface area contributed by atoms with E-state index in [-0.39, 0.29) is 18.1 Å². The van der Waals surface area contributed by atoms with E-state index in [4.69, 9.17) is 9.47 Å². The lowest BCUT2D eigenvalue weighted by Gasteiger charge is -2.38. The highest BCUT2D eigenvalue weighted by atomic mass is 16.5. The quantitative estimate of drug-likeness (QED) is 0.161. The van der Waals surface area contributed by atoms with Gasteiger partial charge in [-0.2, -0.15) is 0 Å². The lowest BCUT2D eigenvalue weighted by molar-refractivity contribution is -0.135. The maximum atomic E-state index is 12.3. The van der Waals surface area contributed by atoms with Crippen LogP contribution in [0.4, 0.5) is 0 Å². The minimum Gasteiger partial charge on any atom is -0.487 e. The van der Waals surface area contributed by atoms with Crippen molar-refractivity contribution in [3.63, 3.8) is 0 Å². The predicted octanol–water partition coefficient (Wildman–Crippen LogP) is 8.36. The fraction of sp³-hybridized carbons (Fsp3) is 0.606. The van der Waals surface area contributed by atoms with Crippen molar-refractivity contribution in [2.24, 2.45) is 0 Å². The number of carbonyl (C=O) groups excluding carboxylic acids is 1. The number of hydrogen-bond acceptors (Lipinski definition) is 4. The summed E-state index contributed by atoms with van der Waals surface area (Å²) in [5.41, 5.74) is 8.53. The Kier molecular flexibility index (Phi) is 11.7. The fourth-order valence-corrected chi connectivity index (χ4v) is 4.93. The number of ether oxygens (including phenoxy) is 2. The molecule has 0 amide bonds. The smallest absolute Gasteiger partial charge is 0.325 e. The number of allylic oxidation sites excluding steroid dienone is 6. The van der Waals surface area contributed by atoms with Gasteiger partial charge in [0.25, 0.3) is 0 Å². The molecule has 1 aliphatic rings. The minimum atomic E-state index is -0.228. The van der Waals surface area contributed by atoms with E-state index in [0.717, 1.165) is 73.8 Å². The van der Waals surface area contributed by atoms with E-state index >= 15 is 0 Å². The Balaban J connectivity index is 1.99. The minimum absolute atomic E-state index is 0.183. The number of fused-ring (bicyclic) bond motifs is 1. The molecule has 1 atom stereocenters. The van der Waals surface area contributed by atoms with Crippen LogP contribution < -0.4 is 9.47 Å².